The van der Waals surface area contributed by atoms with Crippen molar-refractivity contribution in [2.45, 2.75) is 142 Å². The lowest BCUT2D eigenvalue weighted by Gasteiger charge is -2.46. The molecule has 48 heavy (non-hydrogen) atoms. The Kier molecular flexibility index (Phi) is 12.9. The van der Waals surface area contributed by atoms with Gasteiger partial charge in [0.1, 0.15) is 7.14 Å². The Morgan fingerprint density at radius 2 is 1.00 bits per heavy atom. The Bertz CT molecular complexity index is 1370. The molecule has 2 atom stereocenters. The van der Waals surface area contributed by atoms with Crippen LogP contribution in [0.3, 0.4) is 0 Å². The SMILES string of the molecule is CC(C)(C)[Si](C)(C)OCC=C1C(O[Si](C)(C)C(C)(C)C)CC(=CCP(=O)(c2ccccc2)c2ccccc2)C[C@@H]1O[Si](C)(C)C(C)(C)C. The highest BCUT2D eigenvalue weighted by atomic mass is 31.2. The fourth-order valence-corrected chi connectivity index (χ4v) is 11.3. The summed E-state index contributed by atoms with van der Waals surface area (Å²) in [6.45, 7) is 35.3. The first kappa shape index (κ1) is 41.1. The van der Waals surface area contributed by atoms with Gasteiger partial charge in [0.25, 0.3) is 0 Å². The lowest BCUT2D eigenvalue weighted by atomic mass is 9.85. The average Bonchev–Trinajstić information content (AvgIpc) is 2.96. The van der Waals surface area contributed by atoms with Crippen LogP contribution in [-0.4, -0.2) is 49.9 Å². The molecule has 0 saturated heterocycles. The molecule has 0 aliphatic heterocycles. The Morgan fingerprint density at radius 3 is 1.35 bits per heavy atom. The second-order valence-corrected chi connectivity index (χ2v) is 35.6. The molecule has 3 rings (SSSR count). The highest BCUT2D eigenvalue weighted by Gasteiger charge is 2.46. The second-order valence-electron chi connectivity index (χ2n) is 18.4. The molecule has 0 bridgehead atoms. The number of rotatable bonds is 11. The molecular weight excluding hydrogens is 660 g/mol. The van der Waals surface area contributed by atoms with Crippen molar-refractivity contribution in [3.05, 3.63) is 84.0 Å². The molecule has 2 aromatic rings. The zero-order valence-corrected chi connectivity index (χ0v) is 36.9. The summed E-state index contributed by atoms with van der Waals surface area (Å²) < 4.78 is 36.4. The van der Waals surface area contributed by atoms with Gasteiger partial charge >= 0.3 is 0 Å². The van der Waals surface area contributed by atoms with E-state index in [1.807, 2.05) is 60.7 Å². The smallest absolute Gasteiger partial charge is 0.192 e. The number of hydrogen-bond acceptors (Lipinski definition) is 4. The zero-order valence-electron chi connectivity index (χ0n) is 33.0. The van der Waals surface area contributed by atoms with E-state index in [1.54, 1.807) is 0 Å². The van der Waals surface area contributed by atoms with E-state index in [9.17, 15) is 0 Å². The van der Waals surface area contributed by atoms with Crippen molar-refractivity contribution in [3.8, 4) is 0 Å². The third-order valence-electron chi connectivity index (χ3n) is 11.7. The van der Waals surface area contributed by atoms with Gasteiger partial charge in [-0.1, -0.05) is 141 Å². The summed E-state index contributed by atoms with van der Waals surface area (Å²) in [5.74, 6) is 0. The molecule has 0 spiro atoms. The minimum Gasteiger partial charge on any atom is -0.413 e. The van der Waals surface area contributed by atoms with E-state index in [-0.39, 0.29) is 27.3 Å². The van der Waals surface area contributed by atoms with E-state index in [4.69, 9.17) is 13.3 Å². The van der Waals surface area contributed by atoms with Crippen LogP contribution in [-0.2, 0) is 17.8 Å². The summed E-state index contributed by atoms with van der Waals surface area (Å²) in [4.78, 5) is 0. The molecule has 1 aliphatic carbocycles. The fourth-order valence-electron chi connectivity index (χ4n) is 5.23. The predicted octanol–water partition coefficient (Wildman–Crippen LogP) is 11.4. The maximum atomic E-state index is 15.0. The normalized spacial score (nSPS) is 20.8. The van der Waals surface area contributed by atoms with E-state index in [2.05, 4.69) is 114 Å². The van der Waals surface area contributed by atoms with Crippen molar-refractivity contribution >= 4 is 42.7 Å². The first-order valence-electron chi connectivity index (χ1n) is 17.9. The highest BCUT2D eigenvalue weighted by Crippen LogP contribution is 2.47. The maximum Gasteiger partial charge on any atom is 0.192 e. The van der Waals surface area contributed by atoms with Gasteiger partial charge < -0.3 is 17.8 Å². The van der Waals surface area contributed by atoms with Crippen LogP contribution in [0.4, 0.5) is 0 Å². The summed E-state index contributed by atoms with van der Waals surface area (Å²) in [5.41, 5.74) is 2.51. The van der Waals surface area contributed by atoms with Crippen molar-refractivity contribution in [2.24, 2.45) is 0 Å². The molecule has 0 radical (unpaired) electrons. The molecule has 0 amide bonds. The number of allylic oxidation sites excluding steroid dienone is 1. The first-order chi connectivity index (χ1) is 21.8. The second kappa shape index (κ2) is 15.1. The van der Waals surface area contributed by atoms with Gasteiger partial charge in [0.2, 0.25) is 0 Å². The van der Waals surface area contributed by atoms with Crippen molar-refractivity contribution in [1.82, 2.24) is 0 Å². The first-order valence-corrected chi connectivity index (χ1v) is 28.5. The minimum atomic E-state index is -2.90. The third kappa shape index (κ3) is 9.92. The van der Waals surface area contributed by atoms with Crippen molar-refractivity contribution < 1.29 is 17.8 Å². The molecule has 1 unspecified atom stereocenters. The van der Waals surface area contributed by atoms with Gasteiger partial charge in [-0.15, -0.1) is 0 Å². The molecular formula is C40H67O4PSi3. The molecule has 0 aromatic heterocycles. The Hall–Kier alpha value is -1.32. The van der Waals surface area contributed by atoms with Crippen LogP contribution in [0.5, 0.6) is 0 Å². The zero-order chi connectivity index (χ0) is 36.4. The Balaban J connectivity index is 2.14. The highest BCUT2D eigenvalue weighted by molar-refractivity contribution is 7.78. The van der Waals surface area contributed by atoms with Gasteiger partial charge in [0.05, 0.1) is 18.8 Å². The molecule has 4 nitrogen and oxygen atoms in total. The number of benzene rings is 2. The van der Waals surface area contributed by atoms with Crippen LogP contribution in [0.25, 0.3) is 0 Å². The van der Waals surface area contributed by atoms with Crippen LogP contribution in [0.2, 0.25) is 54.4 Å². The van der Waals surface area contributed by atoms with E-state index >= 15 is 4.57 Å². The van der Waals surface area contributed by atoms with E-state index in [1.165, 1.54) is 11.1 Å². The summed E-state index contributed by atoms with van der Waals surface area (Å²) in [6, 6.07) is 20.0. The predicted molar refractivity (Wildman–Crippen MR) is 217 cm³/mol. The molecule has 0 heterocycles. The van der Waals surface area contributed by atoms with Crippen LogP contribution in [0, 0.1) is 0 Å². The summed E-state index contributed by atoms with van der Waals surface area (Å²) >= 11 is 0. The Morgan fingerprint density at radius 1 is 0.625 bits per heavy atom. The molecule has 1 fully saturated rings. The standard InChI is InChI=1S/C40H67O4PSi3/c1-38(2,3)46(10,11)42-28-26-35-36(43-47(12,13)39(4,5)6)30-32(31-37(35)44-48(14,15)40(7,8)9)27-29-45(41,33-22-18-16-19-23-33)34-24-20-17-21-25-34/h16-27,36-37H,28-31H2,1-15H3/t36-,37?/m0/s1. The molecule has 268 valence electrons. The fraction of sp³-hybridized carbons (Fsp3) is 0.600. The number of hydrogen-bond donors (Lipinski definition) is 0. The minimum absolute atomic E-state index is 0.0587. The van der Waals surface area contributed by atoms with E-state index < -0.39 is 32.1 Å². The summed E-state index contributed by atoms with van der Waals surface area (Å²) in [6.07, 6.45) is 6.38. The van der Waals surface area contributed by atoms with Gasteiger partial charge in [-0.3, -0.25) is 0 Å². The average molecular weight is 727 g/mol. The van der Waals surface area contributed by atoms with Gasteiger partial charge in [0, 0.05) is 16.8 Å². The van der Waals surface area contributed by atoms with Crippen LogP contribution in [0.15, 0.2) is 84.0 Å². The van der Waals surface area contributed by atoms with Crippen molar-refractivity contribution in [3.63, 3.8) is 0 Å². The third-order valence-corrected chi connectivity index (χ3v) is 28.1. The Labute approximate surface area is 297 Å². The molecule has 1 aliphatic rings. The molecule has 0 N–H and O–H groups in total. The van der Waals surface area contributed by atoms with Crippen LogP contribution in [0.1, 0.15) is 75.2 Å². The maximum absolute atomic E-state index is 15.0. The summed E-state index contributed by atoms with van der Waals surface area (Å²) in [7, 11) is -9.17. The monoisotopic (exact) mass is 726 g/mol. The van der Waals surface area contributed by atoms with Gasteiger partial charge in [-0.2, -0.15) is 0 Å². The van der Waals surface area contributed by atoms with Crippen LogP contribution >= 0.6 is 7.14 Å². The summed E-state index contributed by atoms with van der Waals surface area (Å²) in [5, 5.41) is 2.05. The van der Waals surface area contributed by atoms with E-state index in [0.29, 0.717) is 12.8 Å². The quantitative estimate of drug-likeness (QED) is 0.131. The lowest BCUT2D eigenvalue weighted by molar-refractivity contribution is 0.129. The topological polar surface area (TPSA) is 44.8 Å². The van der Waals surface area contributed by atoms with Crippen molar-refractivity contribution in [2.75, 3.05) is 12.8 Å². The molecule has 8 heteroatoms. The van der Waals surface area contributed by atoms with Gasteiger partial charge in [-0.25, -0.2) is 0 Å². The lowest BCUT2D eigenvalue weighted by Crippen LogP contribution is -2.50. The molecule has 1 saturated carbocycles. The van der Waals surface area contributed by atoms with Crippen LogP contribution < -0.4 is 10.6 Å². The molecule has 2 aromatic carbocycles. The van der Waals surface area contributed by atoms with Gasteiger partial charge in [0.15, 0.2) is 25.0 Å². The van der Waals surface area contributed by atoms with E-state index in [0.717, 1.165) is 23.5 Å². The largest absolute Gasteiger partial charge is 0.413 e. The van der Waals surface area contributed by atoms with Crippen molar-refractivity contribution in [1.29, 1.82) is 0 Å². The van der Waals surface area contributed by atoms with Gasteiger partial charge in [-0.05, 0) is 72.8 Å².